The Morgan fingerprint density at radius 3 is 2.45 bits per heavy atom. The van der Waals surface area contributed by atoms with Gasteiger partial charge in [-0.15, -0.1) is 0 Å². The van der Waals surface area contributed by atoms with Crippen molar-refractivity contribution in [2.24, 2.45) is 0 Å². The van der Waals surface area contributed by atoms with Crippen LogP contribution < -0.4 is 11.1 Å². The molecule has 0 bridgehead atoms. The van der Waals surface area contributed by atoms with Crippen LogP contribution in [0, 0.1) is 0 Å². The van der Waals surface area contributed by atoms with E-state index in [-0.39, 0.29) is 27.5 Å². The molecule has 0 spiro atoms. The van der Waals surface area contributed by atoms with Crippen molar-refractivity contribution in [1.82, 2.24) is 9.97 Å². The molecule has 4 N–H and O–H groups in total. The lowest BCUT2D eigenvalue weighted by Crippen LogP contribution is -2.14. The Bertz CT molecular complexity index is 837. The molecule has 1 aromatic heterocycles. The first-order chi connectivity index (χ1) is 10.2. The van der Waals surface area contributed by atoms with Gasteiger partial charge in [0.05, 0.1) is 5.69 Å². The van der Waals surface area contributed by atoms with Crippen molar-refractivity contribution in [2.45, 2.75) is 4.90 Å². The Labute approximate surface area is 135 Å². The summed E-state index contributed by atoms with van der Waals surface area (Å²) in [5.41, 5.74) is 5.40. The van der Waals surface area contributed by atoms with Crippen molar-refractivity contribution in [3.63, 3.8) is 0 Å². The third-order valence-corrected chi connectivity index (χ3v) is 3.74. The molecule has 0 aliphatic rings. The highest BCUT2D eigenvalue weighted by atomic mass is 35.5. The van der Waals surface area contributed by atoms with Crippen molar-refractivity contribution >= 4 is 50.6 Å². The number of amides is 1. The number of hydrogen-bond acceptors (Lipinski definition) is 6. The zero-order valence-electron chi connectivity index (χ0n) is 10.6. The molecular weight excluding hydrogens is 355 g/mol. The van der Waals surface area contributed by atoms with Crippen LogP contribution in [-0.4, -0.2) is 28.8 Å². The summed E-state index contributed by atoms with van der Waals surface area (Å²) >= 11 is 11.3. The summed E-state index contributed by atoms with van der Waals surface area (Å²) in [6.07, 6.45) is 0. The maximum atomic E-state index is 12.0. The predicted octanol–water partition coefficient (Wildman–Crippen LogP) is 1.86. The first-order valence-electron chi connectivity index (χ1n) is 5.55. The summed E-state index contributed by atoms with van der Waals surface area (Å²) < 4.78 is 31.0. The maximum Gasteiger partial charge on any atom is 0.296 e. The van der Waals surface area contributed by atoms with Crippen molar-refractivity contribution in [3.8, 4) is 0 Å². The zero-order valence-corrected chi connectivity index (χ0v) is 12.9. The van der Waals surface area contributed by atoms with Crippen molar-refractivity contribution in [1.29, 1.82) is 0 Å². The van der Waals surface area contributed by atoms with Gasteiger partial charge in [-0.2, -0.15) is 8.42 Å². The minimum absolute atomic E-state index is 0.00798. The third-order valence-electron chi connectivity index (χ3n) is 2.45. The molecule has 2 rings (SSSR count). The monoisotopic (exact) mass is 362 g/mol. The molecule has 1 aromatic carbocycles. The highest BCUT2D eigenvalue weighted by Crippen LogP contribution is 2.22. The molecule has 0 saturated heterocycles. The van der Waals surface area contributed by atoms with Crippen LogP contribution in [0.25, 0.3) is 0 Å². The molecule has 116 valence electrons. The molecule has 0 saturated carbocycles. The van der Waals surface area contributed by atoms with Crippen LogP contribution in [0.5, 0.6) is 0 Å². The standard InChI is InChI=1S/C11H8Cl2N4O4S/c12-9-4-7(16-11(13)17-9)10(18)15-5-1-2-8(6(14)3-5)22(19,20)21/h1-4H,14H2,(H,15,18)(H,19,20,21). The van der Waals surface area contributed by atoms with E-state index in [1.54, 1.807) is 0 Å². The molecule has 1 amide bonds. The Balaban J connectivity index is 2.27. The second-order valence-corrected chi connectivity index (χ2v) is 6.14. The minimum atomic E-state index is -4.44. The van der Waals surface area contributed by atoms with Crippen LogP contribution in [0.15, 0.2) is 29.2 Å². The van der Waals surface area contributed by atoms with Gasteiger partial charge in [0.25, 0.3) is 16.0 Å². The second-order valence-electron chi connectivity index (χ2n) is 4.03. The second kappa shape index (κ2) is 6.05. The fourth-order valence-electron chi connectivity index (χ4n) is 1.56. The van der Waals surface area contributed by atoms with Gasteiger partial charge in [-0.05, 0) is 29.8 Å². The number of benzene rings is 1. The maximum absolute atomic E-state index is 12.0. The van der Waals surface area contributed by atoms with Gasteiger partial charge in [0.15, 0.2) is 0 Å². The molecule has 0 aliphatic carbocycles. The molecule has 0 aliphatic heterocycles. The number of carbonyl (C=O) groups excluding carboxylic acids is 1. The molecule has 2 aromatic rings. The average Bonchev–Trinajstić information content (AvgIpc) is 2.35. The van der Waals surface area contributed by atoms with E-state index in [0.717, 1.165) is 6.07 Å². The van der Waals surface area contributed by atoms with E-state index in [2.05, 4.69) is 15.3 Å². The fraction of sp³-hybridized carbons (Fsp3) is 0. The Morgan fingerprint density at radius 1 is 1.23 bits per heavy atom. The number of hydrogen-bond donors (Lipinski definition) is 3. The van der Waals surface area contributed by atoms with Gasteiger partial charge >= 0.3 is 0 Å². The summed E-state index contributed by atoms with van der Waals surface area (Å²) in [6, 6.07) is 4.69. The van der Waals surface area contributed by atoms with Crippen LogP contribution in [0.4, 0.5) is 11.4 Å². The summed E-state index contributed by atoms with van der Waals surface area (Å²) in [4.78, 5) is 18.8. The van der Waals surface area contributed by atoms with Crippen LogP contribution in [0.3, 0.4) is 0 Å². The van der Waals surface area contributed by atoms with Gasteiger partial charge in [-0.1, -0.05) is 11.6 Å². The molecule has 11 heteroatoms. The van der Waals surface area contributed by atoms with Crippen LogP contribution in [0.2, 0.25) is 10.4 Å². The molecule has 0 radical (unpaired) electrons. The molecule has 0 fully saturated rings. The van der Waals surface area contributed by atoms with E-state index in [4.69, 9.17) is 33.5 Å². The highest BCUT2D eigenvalue weighted by molar-refractivity contribution is 7.86. The van der Waals surface area contributed by atoms with Crippen molar-refractivity contribution < 1.29 is 17.8 Å². The predicted molar refractivity (Wildman–Crippen MR) is 80.7 cm³/mol. The SMILES string of the molecule is Nc1cc(NC(=O)c2cc(Cl)nc(Cl)n2)ccc1S(=O)(=O)O. The van der Waals surface area contributed by atoms with E-state index in [9.17, 15) is 13.2 Å². The summed E-state index contributed by atoms with van der Waals surface area (Å²) in [7, 11) is -4.44. The number of anilines is 2. The van der Waals surface area contributed by atoms with Crippen LogP contribution in [0.1, 0.15) is 10.5 Å². The number of carbonyl (C=O) groups is 1. The number of rotatable bonds is 3. The van der Waals surface area contributed by atoms with Gasteiger partial charge in [0.2, 0.25) is 5.28 Å². The topological polar surface area (TPSA) is 135 Å². The quantitative estimate of drug-likeness (QED) is 0.328. The zero-order chi connectivity index (χ0) is 16.5. The molecule has 0 unspecified atom stereocenters. The summed E-state index contributed by atoms with van der Waals surface area (Å²) in [5.74, 6) is -0.648. The largest absolute Gasteiger partial charge is 0.398 e. The van der Waals surface area contributed by atoms with Crippen molar-refractivity contribution in [2.75, 3.05) is 11.1 Å². The van der Waals surface area contributed by atoms with E-state index in [1.807, 2.05) is 0 Å². The normalized spacial score (nSPS) is 11.2. The van der Waals surface area contributed by atoms with E-state index >= 15 is 0 Å². The van der Waals surface area contributed by atoms with Gasteiger partial charge in [-0.3, -0.25) is 9.35 Å². The van der Waals surface area contributed by atoms with E-state index < -0.39 is 20.9 Å². The minimum Gasteiger partial charge on any atom is -0.398 e. The first-order valence-corrected chi connectivity index (χ1v) is 7.75. The van der Waals surface area contributed by atoms with Gasteiger partial charge < -0.3 is 11.1 Å². The molecule has 1 heterocycles. The summed E-state index contributed by atoms with van der Waals surface area (Å²) in [5, 5.41) is 2.23. The van der Waals surface area contributed by atoms with E-state index in [0.29, 0.717) is 0 Å². The molecule has 0 atom stereocenters. The fourth-order valence-corrected chi connectivity index (χ4v) is 2.57. The number of nitrogens with one attached hydrogen (secondary N) is 1. The highest BCUT2D eigenvalue weighted by Gasteiger charge is 2.16. The summed E-state index contributed by atoms with van der Waals surface area (Å²) in [6.45, 7) is 0. The van der Waals surface area contributed by atoms with Gasteiger partial charge in [0, 0.05) is 11.8 Å². The van der Waals surface area contributed by atoms with Crippen molar-refractivity contribution in [3.05, 3.63) is 40.4 Å². The number of aromatic nitrogens is 2. The Hall–Kier alpha value is -1.94. The lowest BCUT2D eigenvalue weighted by Gasteiger charge is -2.08. The number of nitrogens with two attached hydrogens (primary N) is 1. The first kappa shape index (κ1) is 16.4. The lowest BCUT2D eigenvalue weighted by atomic mass is 10.2. The van der Waals surface area contributed by atoms with Gasteiger partial charge in [0.1, 0.15) is 15.7 Å². The Kier molecular flexibility index (Phi) is 4.52. The number of nitrogens with zero attached hydrogens (tertiary/aromatic N) is 2. The van der Waals surface area contributed by atoms with Crippen LogP contribution in [-0.2, 0) is 10.1 Å². The molecule has 8 nitrogen and oxygen atoms in total. The number of nitrogen functional groups attached to an aromatic ring is 1. The molecular formula is C11H8Cl2N4O4S. The number of halogens is 2. The lowest BCUT2D eigenvalue weighted by molar-refractivity contribution is 0.102. The van der Waals surface area contributed by atoms with E-state index in [1.165, 1.54) is 18.2 Å². The van der Waals surface area contributed by atoms with Crippen LogP contribution >= 0.6 is 23.2 Å². The molecule has 22 heavy (non-hydrogen) atoms. The smallest absolute Gasteiger partial charge is 0.296 e. The average molecular weight is 363 g/mol. The third kappa shape index (κ3) is 3.83. The Morgan fingerprint density at radius 2 is 1.91 bits per heavy atom. The van der Waals surface area contributed by atoms with Gasteiger partial charge in [-0.25, -0.2) is 9.97 Å².